The first-order chi connectivity index (χ1) is 10.6. The van der Waals surface area contributed by atoms with Crippen LogP contribution in [0.2, 0.25) is 0 Å². The third-order valence-corrected chi connectivity index (χ3v) is 3.38. The van der Waals surface area contributed by atoms with Gasteiger partial charge in [0.15, 0.2) is 6.04 Å². The van der Waals surface area contributed by atoms with Crippen molar-refractivity contribution in [3.8, 4) is 5.75 Å². The van der Waals surface area contributed by atoms with Gasteiger partial charge in [0.2, 0.25) is 5.91 Å². The van der Waals surface area contributed by atoms with Crippen LogP contribution in [0.1, 0.15) is 5.56 Å². The van der Waals surface area contributed by atoms with Gasteiger partial charge < -0.3 is 19.9 Å². The SMILES string of the molecule is C=CCOCC(NC(=O)C1COc2ccccc2C1)C(=O)O. The zero-order valence-electron chi connectivity index (χ0n) is 12.2. The van der Waals surface area contributed by atoms with Crippen LogP contribution in [-0.2, 0) is 20.7 Å². The molecule has 0 spiro atoms. The van der Waals surface area contributed by atoms with Crippen molar-refractivity contribution in [3.63, 3.8) is 0 Å². The van der Waals surface area contributed by atoms with Gasteiger partial charge in [-0.2, -0.15) is 0 Å². The van der Waals surface area contributed by atoms with Gasteiger partial charge in [-0.15, -0.1) is 6.58 Å². The minimum Gasteiger partial charge on any atom is -0.492 e. The van der Waals surface area contributed by atoms with E-state index in [-0.39, 0.29) is 25.7 Å². The standard InChI is InChI=1S/C16H19NO5/c1-2-7-21-10-13(16(19)20)17-15(18)12-8-11-5-3-4-6-14(11)22-9-12/h2-6,12-13H,1,7-10H2,(H,17,18)(H,19,20). The average molecular weight is 305 g/mol. The molecule has 1 amide bonds. The van der Waals surface area contributed by atoms with Gasteiger partial charge in [0.25, 0.3) is 0 Å². The summed E-state index contributed by atoms with van der Waals surface area (Å²) in [6, 6.07) is 6.43. The third kappa shape index (κ3) is 4.08. The minimum absolute atomic E-state index is 0.0999. The number of hydrogen-bond donors (Lipinski definition) is 2. The molecule has 0 bridgehead atoms. The van der Waals surface area contributed by atoms with E-state index >= 15 is 0 Å². The Kier molecular flexibility index (Phi) is 5.55. The summed E-state index contributed by atoms with van der Waals surface area (Å²) in [5, 5.41) is 11.6. The molecule has 0 saturated heterocycles. The van der Waals surface area contributed by atoms with E-state index in [9.17, 15) is 9.59 Å². The molecule has 2 unspecified atom stereocenters. The molecule has 2 N–H and O–H groups in total. The van der Waals surface area contributed by atoms with E-state index in [4.69, 9.17) is 14.6 Å². The lowest BCUT2D eigenvalue weighted by molar-refractivity contribution is -0.144. The molecule has 1 aliphatic rings. The molecule has 6 heteroatoms. The predicted molar refractivity (Wildman–Crippen MR) is 79.7 cm³/mol. The summed E-state index contributed by atoms with van der Waals surface area (Å²) in [6.07, 6.45) is 2.05. The Labute approximate surface area is 128 Å². The van der Waals surface area contributed by atoms with Gasteiger partial charge in [0.1, 0.15) is 12.4 Å². The van der Waals surface area contributed by atoms with Gasteiger partial charge >= 0.3 is 5.97 Å². The molecule has 0 aromatic heterocycles. The highest BCUT2D eigenvalue weighted by atomic mass is 16.5. The van der Waals surface area contributed by atoms with Gasteiger partial charge in [-0.05, 0) is 18.1 Å². The summed E-state index contributed by atoms with van der Waals surface area (Å²) >= 11 is 0. The van der Waals surface area contributed by atoms with Crippen molar-refractivity contribution in [2.45, 2.75) is 12.5 Å². The van der Waals surface area contributed by atoms with E-state index in [1.165, 1.54) is 6.08 Å². The van der Waals surface area contributed by atoms with Crippen molar-refractivity contribution in [1.29, 1.82) is 0 Å². The van der Waals surface area contributed by atoms with Crippen LogP contribution in [0.3, 0.4) is 0 Å². The molecule has 118 valence electrons. The lowest BCUT2D eigenvalue weighted by atomic mass is 9.96. The Morgan fingerprint density at radius 3 is 3.00 bits per heavy atom. The molecule has 1 aromatic carbocycles. The number of amides is 1. The first-order valence-corrected chi connectivity index (χ1v) is 7.04. The van der Waals surface area contributed by atoms with Gasteiger partial charge in [0.05, 0.1) is 19.1 Å². The fraction of sp³-hybridized carbons (Fsp3) is 0.375. The maximum atomic E-state index is 12.2. The molecule has 1 aromatic rings. The van der Waals surface area contributed by atoms with Crippen molar-refractivity contribution in [1.82, 2.24) is 5.32 Å². The number of carbonyl (C=O) groups excluding carboxylic acids is 1. The number of carboxylic acid groups (broad SMARTS) is 1. The fourth-order valence-electron chi connectivity index (χ4n) is 2.23. The monoisotopic (exact) mass is 305 g/mol. The number of rotatable bonds is 7. The number of nitrogens with one attached hydrogen (secondary N) is 1. The smallest absolute Gasteiger partial charge is 0.328 e. The lowest BCUT2D eigenvalue weighted by Gasteiger charge is -2.25. The predicted octanol–water partition coefficient (Wildman–Crippen LogP) is 1.01. The second-order valence-corrected chi connectivity index (χ2v) is 5.05. The second kappa shape index (κ2) is 7.61. The summed E-state index contributed by atoms with van der Waals surface area (Å²) in [4.78, 5) is 23.4. The van der Waals surface area contributed by atoms with Gasteiger partial charge in [-0.1, -0.05) is 24.3 Å². The number of benzene rings is 1. The van der Waals surface area contributed by atoms with Crippen LogP contribution in [0.25, 0.3) is 0 Å². The molecular weight excluding hydrogens is 286 g/mol. The number of fused-ring (bicyclic) bond motifs is 1. The van der Waals surface area contributed by atoms with Crippen molar-refractivity contribution in [2.75, 3.05) is 19.8 Å². The van der Waals surface area contributed by atoms with E-state index in [0.29, 0.717) is 6.42 Å². The van der Waals surface area contributed by atoms with Crippen molar-refractivity contribution >= 4 is 11.9 Å². The van der Waals surface area contributed by atoms with Crippen molar-refractivity contribution in [2.24, 2.45) is 5.92 Å². The number of para-hydroxylation sites is 1. The molecule has 1 aliphatic heterocycles. The molecule has 6 nitrogen and oxygen atoms in total. The molecule has 0 fully saturated rings. The number of aliphatic carboxylic acids is 1. The summed E-state index contributed by atoms with van der Waals surface area (Å²) in [5.41, 5.74) is 0.948. The number of ether oxygens (including phenoxy) is 2. The maximum absolute atomic E-state index is 12.2. The molecule has 0 radical (unpaired) electrons. The molecule has 2 rings (SSSR count). The highest BCUT2D eigenvalue weighted by molar-refractivity contribution is 5.85. The van der Waals surface area contributed by atoms with Crippen LogP contribution in [0, 0.1) is 5.92 Å². The highest BCUT2D eigenvalue weighted by Crippen LogP contribution is 2.26. The van der Waals surface area contributed by atoms with Gasteiger partial charge in [-0.25, -0.2) is 4.79 Å². The van der Waals surface area contributed by atoms with Crippen LogP contribution < -0.4 is 10.1 Å². The largest absolute Gasteiger partial charge is 0.492 e. The van der Waals surface area contributed by atoms with Crippen LogP contribution in [0.15, 0.2) is 36.9 Å². The van der Waals surface area contributed by atoms with Crippen LogP contribution in [0.4, 0.5) is 0 Å². The Bertz CT molecular complexity index is 557. The zero-order valence-corrected chi connectivity index (χ0v) is 12.2. The van der Waals surface area contributed by atoms with Gasteiger partial charge in [-0.3, -0.25) is 4.79 Å². The van der Waals surface area contributed by atoms with E-state index in [1.807, 2.05) is 24.3 Å². The number of carbonyl (C=O) groups is 2. The molecule has 1 heterocycles. The van der Waals surface area contributed by atoms with Crippen molar-refractivity contribution < 1.29 is 24.2 Å². The summed E-state index contributed by atoms with van der Waals surface area (Å²) in [7, 11) is 0. The minimum atomic E-state index is -1.13. The fourth-order valence-corrected chi connectivity index (χ4v) is 2.23. The lowest BCUT2D eigenvalue weighted by Crippen LogP contribution is -2.48. The Morgan fingerprint density at radius 1 is 1.50 bits per heavy atom. The Morgan fingerprint density at radius 2 is 2.27 bits per heavy atom. The van der Waals surface area contributed by atoms with E-state index in [2.05, 4.69) is 11.9 Å². The quantitative estimate of drug-likeness (QED) is 0.580. The average Bonchev–Trinajstić information content (AvgIpc) is 2.53. The normalized spacial score (nSPS) is 17.7. The number of hydrogen-bond acceptors (Lipinski definition) is 4. The van der Waals surface area contributed by atoms with Crippen LogP contribution >= 0.6 is 0 Å². The molecule has 22 heavy (non-hydrogen) atoms. The molecular formula is C16H19NO5. The van der Waals surface area contributed by atoms with E-state index in [1.54, 1.807) is 0 Å². The van der Waals surface area contributed by atoms with E-state index < -0.39 is 17.9 Å². The second-order valence-electron chi connectivity index (χ2n) is 5.05. The highest BCUT2D eigenvalue weighted by Gasteiger charge is 2.29. The molecule has 0 aliphatic carbocycles. The maximum Gasteiger partial charge on any atom is 0.328 e. The Hall–Kier alpha value is -2.34. The summed E-state index contributed by atoms with van der Waals surface area (Å²) in [6.45, 7) is 3.86. The third-order valence-electron chi connectivity index (χ3n) is 3.38. The first kappa shape index (κ1) is 16.0. The van der Waals surface area contributed by atoms with Crippen molar-refractivity contribution in [3.05, 3.63) is 42.5 Å². The molecule has 2 atom stereocenters. The van der Waals surface area contributed by atoms with Crippen LogP contribution in [0.5, 0.6) is 5.75 Å². The van der Waals surface area contributed by atoms with Crippen LogP contribution in [-0.4, -0.2) is 42.8 Å². The topological polar surface area (TPSA) is 84.9 Å². The van der Waals surface area contributed by atoms with E-state index in [0.717, 1.165) is 11.3 Å². The summed E-state index contributed by atoms with van der Waals surface area (Å²) < 4.78 is 10.7. The number of carboxylic acids is 1. The van der Waals surface area contributed by atoms with Gasteiger partial charge in [0, 0.05) is 0 Å². The first-order valence-electron chi connectivity index (χ1n) is 7.04. The zero-order chi connectivity index (χ0) is 15.9. The molecule has 0 saturated carbocycles. The summed E-state index contributed by atoms with van der Waals surface area (Å²) in [5.74, 6) is -1.11. The Balaban J connectivity index is 1.93.